The smallest absolute Gasteiger partial charge is 0.410 e. The van der Waals surface area contributed by atoms with Crippen molar-refractivity contribution in [2.24, 2.45) is 11.8 Å². The van der Waals surface area contributed by atoms with Crippen molar-refractivity contribution in [3.8, 4) is 0 Å². The zero-order valence-corrected chi connectivity index (χ0v) is 18.1. The molecule has 1 N–H and O–H groups in total. The Morgan fingerprint density at radius 2 is 1.96 bits per heavy atom. The molecule has 8 heteroatoms. The maximum Gasteiger partial charge on any atom is 0.410 e. The molecule has 28 heavy (non-hydrogen) atoms. The molecule has 1 aliphatic heterocycles. The average Bonchev–Trinajstić information content (AvgIpc) is 2.58. The summed E-state index contributed by atoms with van der Waals surface area (Å²) in [6.45, 7) is 6.12. The Hall–Kier alpha value is -1.67. The van der Waals surface area contributed by atoms with E-state index in [1.54, 1.807) is 17.3 Å². The van der Waals surface area contributed by atoms with E-state index in [4.69, 9.17) is 9.47 Å². The predicted octanol–water partition coefficient (Wildman–Crippen LogP) is 3.81. The van der Waals surface area contributed by atoms with Gasteiger partial charge in [-0.15, -0.1) is 0 Å². The Bertz CT molecular complexity index is 734. The Kier molecular flexibility index (Phi) is 6.00. The zero-order chi connectivity index (χ0) is 20.5. The van der Waals surface area contributed by atoms with Crippen molar-refractivity contribution in [1.82, 2.24) is 9.88 Å². The van der Waals surface area contributed by atoms with Crippen molar-refractivity contribution in [1.29, 1.82) is 0 Å². The number of hydrogen-bond donors (Lipinski definition) is 1. The van der Waals surface area contributed by atoms with Crippen LogP contribution in [-0.4, -0.2) is 52.4 Å². The molecule has 7 nitrogen and oxygen atoms in total. The monoisotopic (exact) mass is 454 g/mol. The molecule has 2 heterocycles. The molecule has 2 aliphatic rings. The molecule has 1 aromatic rings. The molecule has 1 saturated carbocycles. The maximum atomic E-state index is 12.7. The van der Waals surface area contributed by atoms with Crippen LogP contribution >= 0.6 is 15.9 Å². The van der Waals surface area contributed by atoms with Crippen LogP contribution < -0.4 is 0 Å². The van der Waals surface area contributed by atoms with Gasteiger partial charge in [0.05, 0.1) is 0 Å². The number of carbonyl (C=O) groups excluding carboxylic acids is 1. The van der Waals surface area contributed by atoms with E-state index in [9.17, 15) is 14.7 Å². The lowest BCUT2D eigenvalue weighted by atomic mass is 9.62. The van der Waals surface area contributed by atoms with Gasteiger partial charge in [-0.25, -0.2) is 9.59 Å². The summed E-state index contributed by atoms with van der Waals surface area (Å²) in [6, 6.07) is 1.89. The fourth-order valence-electron chi connectivity index (χ4n) is 4.54. The fourth-order valence-corrected chi connectivity index (χ4v) is 5.10. The van der Waals surface area contributed by atoms with Gasteiger partial charge in [0.2, 0.25) is 0 Å². The molecular weight excluding hydrogens is 428 g/mol. The number of amides is 1. The molecule has 2 bridgehead atoms. The number of aromatic nitrogens is 1. The summed E-state index contributed by atoms with van der Waals surface area (Å²) in [7, 11) is 0. The summed E-state index contributed by atoms with van der Waals surface area (Å²) in [6.07, 6.45) is 5.80. The molecule has 1 amide bonds. The number of fused-ring (bicyclic) bond motifs is 2. The summed E-state index contributed by atoms with van der Waals surface area (Å²) in [5, 5.41) is 9.27. The molecular formula is C20H27BrN2O5. The van der Waals surface area contributed by atoms with Crippen molar-refractivity contribution in [3.63, 3.8) is 0 Å². The number of nitrogens with zero attached hydrogens (tertiary/aromatic N) is 2. The number of carboxylic acid groups (broad SMARTS) is 1. The van der Waals surface area contributed by atoms with Crippen LogP contribution in [0.2, 0.25) is 0 Å². The van der Waals surface area contributed by atoms with Crippen LogP contribution in [0.15, 0.2) is 22.9 Å². The van der Waals surface area contributed by atoms with E-state index < -0.39 is 17.2 Å². The standard InChI is InChI=1S/C20H27BrN2O5/c1-19(2,3)28-18(26)23-10-13-5-4-6-14(11-23)20(13,27-12-17(24)25)15-7-8-22-9-16(15)21/h7-9,13-14H,4-6,10-12H2,1-3H3,(H,24,25). The van der Waals surface area contributed by atoms with Crippen LogP contribution in [-0.2, 0) is 19.9 Å². The summed E-state index contributed by atoms with van der Waals surface area (Å²) < 4.78 is 12.5. The number of rotatable bonds is 4. The molecule has 2 unspecified atom stereocenters. The van der Waals surface area contributed by atoms with Crippen LogP contribution in [0.3, 0.4) is 0 Å². The minimum absolute atomic E-state index is 0.0226. The van der Waals surface area contributed by atoms with Crippen molar-refractivity contribution in [3.05, 3.63) is 28.5 Å². The summed E-state index contributed by atoms with van der Waals surface area (Å²) in [5.74, 6) is -1.05. The molecule has 1 aliphatic carbocycles. The molecule has 0 aromatic carbocycles. The second kappa shape index (κ2) is 7.99. The minimum Gasteiger partial charge on any atom is -0.480 e. The lowest BCUT2D eigenvalue weighted by molar-refractivity contribution is -0.193. The van der Waals surface area contributed by atoms with Crippen LogP contribution in [0.4, 0.5) is 4.79 Å². The SMILES string of the molecule is CC(C)(C)OC(=O)N1CC2CCCC(C1)C2(OCC(=O)O)c1ccncc1Br. The molecule has 0 radical (unpaired) electrons. The van der Waals surface area contributed by atoms with Gasteiger partial charge >= 0.3 is 12.1 Å². The third-order valence-corrected chi connectivity index (χ3v) is 6.11. The molecule has 2 atom stereocenters. The van der Waals surface area contributed by atoms with Crippen LogP contribution in [0.1, 0.15) is 45.6 Å². The lowest BCUT2D eigenvalue weighted by Crippen LogP contribution is -2.61. The molecule has 1 aromatic heterocycles. The number of halogens is 1. The number of aliphatic carboxylic acids is 1. The second-order valence-corrected chi connectivity index (χ2v) is 9.40. The summed E-state index contributed by atoms with van der Waals surface area (Å²) >= 11 is 3.57. The third kappa shape index (κ3) is 4.17. The van der Waals surface area contributed by atoms with Gasteiger partial charge in [-0.1, -0.05) is 6.42 Å². The van der Waals surface area contributed by atoms with E-state index in [1.165, 1.54) is 0 Å². The second-order valence-electron chi connectivity index (χ2n) is 8.54. The Morgan fingerprint density at radius 3 is 2.50 bits per heavy atom. The van der Waals surface area contributed by atoms with E-state index in [0.717, 1.165) is 29.3 Å². The van der Waals surface area contributed by atoms with Crippen LogP contribution in [0.25, 0.3) is 0 Å². The highest BCUT2D eigenvalue weighted by atomic mass is 79.9. The first kappa shape index (κ1) is 21.0. The first-order chi connectivity index (χ1) is 13.1. The minimum atomic E-state index is -1.00. The van der Waals surface area contributed by atoms with Crippen molar-refractivity contribution >= 4 is 28.0 Å². The first-order valence-corrected chi connectivity index (χ1v) is 10.4. The lowest BCUT2D eigenvalue weighted by Gasteiger charge is -2.55. The van der Waals surface area contributed by atoms with Gasteiger partial charge in [-0.3, -0.25) is 4.98 Å². The van der Waals surface area contributed by atoms with E-state index in [1.807, 2.05) is 26.8 Å². The quantitative estimate of drug-likeness (QED) is 0.743. The van der Waals surface area contributed by atoms with Crippen molar-refractivity contribution in [2.45, 2.75) is 51.2 Å². The fraction of sp³-hybridized carbons (Fsp3) is 0.650. The Balaban J connectivity index is 1.96. The summed E-state index contributed by atoms with van der Waals surface area (Å²) in [5.41, 5.74) is -0.423. The maximum absolute atomic E-state index is 12.7. The van der Waals surface area contributed by atoms with Gasteiger partial charge in [0.1, 0.15) is 17.8 Å². The highest BCUT2D eigenvalue weighted by Gasteiger charge is 2.55. The van der Waals surface area contributed by atoms with E-state index >= 15 is 0 Å². The average molecular weight is 455 g/mol. The zero-order valence-electron chi connectivity index (χ0n) is 16.5. The van der Waals surface area contributed by atoms with Crippen molar-refractivity contribution in [2.75, 3.05) is 19.7 Å². The molecule has 1 saturated heterocycles. The summed E-state index contributed by atoms with van der Waals surface area (Å²) in [4.78, 5) is 29.9. The topological polar surface area (TPSA) is 89.0 Å². The van der Waals surface area contributed by atoms with Gasteiger partial charge in [-0.2, -0.15) is 0 Å². The molecule has 154 valence electrons. The van der Waals surface area contributed by atoms with Gasteiger partial charge in [-0.05, 0) is 55.6 Å². The predicted molar refractivity (Wildman–Crippen MR) is 106 cm³/mol. The van der Waals surface area contributed by atoms with Crippen molar-refractivity contribution < 1.29 is 24.2 Å². The van der Waals surface area contributed by atoms with E-state index in [2.05, 4.69) is 20.9 Å². The number of ether oxygens (including phenoxy) is 2. The number of carbonyl (C=O) groups is 2. The number of piperidine rings is 1. The number of carboxylic acids is 1. The van der Waals surface area contributed by atoms with Gasteiger partial charge in [0.25, 0.3) is 0 Å². The molecule has 0 spiro atoms. The Labute approximate surface area is 173 Å². The van der Waals surface area contributed by atoms with Gasteiger partial charge in [0, 0.05) is 47.4 Å². The van der Waals surface area contributed by atoms with Gasteiger partial charge < -0.3 is 19.5 Å². The normalized spacial score (nSPS) is 27.4. The largest absolute Gasteiger partial charge is 0.480 e. The molecule has 2 fully saturated rings. The highest BCUT2D eigenvalue weighted by molar-refractivity contribution is 9.10. The Morgan fingerprint density at radius 1 is 1.32 bits per heavy atom. The first-order valence-electron chi connectivity index (χ1n) is 9.57. The number of hydrogen-bond acceptors (Lipinski definition) is 5. The van der Waals surface area contributed by atoms with E-state index in [-0.39, 0.29) is 24.5 Å². The number of likely N-dealkylation sites (tertiary alicyclic amines) is 1. The number of pyridine rings is 1. The van der Waals surface area contributed by atoms with Crippen LogP contribution in [0.5, 0.6) is 0 Å². The van der Waals surface area contributed by atoms with E-state index in [0.29, 0.717) is 13.1 Å². The third-order valence-electron chi connectivity index (χ3n) is 5.48. The van der Waals surface area contributed by atoms with Gasteiger partial charge in [0.15, 0.2) is 0 Å². The van der Waals surface area contributed by atoms with Crippen LogP contribution in [0, 0.1) is 11.8 Å². The molecule has 3 rings (SSSR count). The highest BCUT2D eigenvalue weighted by Crippen LogP contribution is 2.53.